The van der Waals surface area contributed by atoms with Crippen molar-refractivity contribution in [1.29, 1.82) is 0 Å². The number of nitrogens with zero attached hydrogens (tertiary/aromatic N) is 1. The third-order valence-electron chi connectivity index (χ3n) is 8.95. The van der Waals surface area contributed by atoms with Crippen LogP contribution in [0.3, 0.4) is 0 Å². The zero-order valence-electron chi connectivity index (χ0n) is 25.8. The molecule has 0 saturated carbocycles. The maximum absolute atomic E-state index is 13.7. The molecule has 15 nitrogen and oxygen atoms in total. The molecule has 2 aliphatic heterocycles. The molecule has 4 aliphatic rings. The Kier molecular flexibility index (Phi) is 8.70. The lowest BCUT2D eigenvalue weighted by Gasteiger charge is -2.61. The number of piperidine rings is 1. The number of hydrogen-bond donors (Lipinski definition) is 2. The first-order valence-electron chi connectivity index (χ1n) is 14.6. The predicted molar refractivity (Wildman–Crippen MR) is 146 cm³/mol. The van der Waals surface area contributed by atoms with Crippen LogP contribution in [0.1, 0.15) is 44.7 Å². The molecule has 0 aromatic heterocycles. The number of ether oxygens (including phenoxy) is 6. The minimum absolute atomic E-state index is 0.0526. The summed E-state index contributed by atoms with van der Waals surface area (Å²) in [6.45, 7) is 2.85. The molecule has 0 amide bonds. The first-order valence-corrected chi connectivity index (χ1v) is 14.6. The number of carbonyl (C=O) groups is 6. The molecule has 2 bridgehead atoms. The Morgan fingerprint density at radius 2 is 1.62 bits per heavy atom. The van der Waals surface area contributed by atoms with Gasteiger partial charge in [0.05, 0.1) is 11.0 Å². The number of phenolic OH excluding ortho intramolecular Hbond substituents is 1. The summed E-state index contributed by atoms with van der Waals surface area (Å²) in [5, 5.41) is 22.9. The molecule has 2 heterocycles. The van der Waals surface area contributed by atoms with Crippen LogP contribution in [0.5, 0.6) is 11.5 Å². The van der Waals surface area contributed by atoms with E-state index in [0.29, 0.717) is 24.9 Å². The standard InChI is InChI=1S/C30H30F3NO14/c1-12(24(38)48-27(41)30(31,32)33)43-25(39)21(44-13(2)35)22(45-14(3)36)26(40)46-17-7-8-29(42)18-11-15-5-6-16(37)20-19(15)28(29,23(17)47-20)9-10-34(18)4/h5-7,12,18,21-23,37,42H,8-11H2,1-4H3/t12-,18?,21+,22+,23-,28-,29+/m0/s1. The molecule has 18 heteroatoms. The summed E-state index contributed by atoms with van der Waals surface area (Å²) < 4.78 is 67.5. The van der Waals surface area contributed by atoms with Gasteiger partial charge >= 0.3 is 42.0 Å². The smallest absolute Gasteiger partial charge is 0.491 e. The number of aromatic hydroxyl groups is 1. The van der Waals surface area contributed by atoms with Gasteiger partial charge in [-0.25, -0.2) is 19.2 Å². The number of alkyl halides is 3. The van der Waals surface area contributed by atoms with E-state index in [9.17, 15) is 52.2 Å². The SMILES string of the molecule is CC(=O)O[C@@H](C(=O)OC1=CC[C@@]2(O)C3Cc4ccc(O)c5c4[C@@]2(CCN3C)[C@H]1O5)[C@@H](OC(C)=O)C(=O)O[C@@H](C)C(=O)OC(=O)C(F)(F)F. The third-order valence-corrected chi connectivity index (χ3v) is 8.95. The highest BCUT2D eigenvalue weighted by atomic mass is 19.4. The zero-order chi connectivity index (χ0) is 35.5. The molecular weight excluding hydrogens is 655 g/mol. The highest BCUT2D eigenvalue weighted by Gasteiger charge is 2.72. The molecule has 48 heavy (non-hydrogen) atoms. The van der Waals surface area contributed by atoms with Crippen molar-refractivity contribution in [1.82, 2.24) is 4.90 Å². The van der Waals surface area contributed by atoms with E-state index in [4.69, 9.17) is 23.7 Å². The molecule has 1 saturated heterocycles. The van der Waals surface area contributed by atoms with Crippen molar-refractivity contribution in [3.05, 3.63) is 35.1 Å². The van der Waals surface area contributed by atoms with Gasteiger partial charge in [-0.3, -0.25) is 9.59 Å². The molecule has 5 rings (SSSR count). The fraction of sp³-hybridized carbons (Fsp3) is 0.533. The van der Waals surface area contributed by atoms with E-state index < -0.39 is 77.4 Å². The van der Waals surface area contributed by atoms with Crippen molar-refractivity contribution in [2.24, 2.45) is 0 Å². The van der Waals surface area contributed by atoms with Gasteiger partial charge in [0.25, 0.3) is 0 Å². The molecule has 7 atom stereocenters. The van der Waals surface area contributed by atoms with E-state index >= 15 is 0 Å². The van der Waals surface area contributed by atoms with Gasteiger partial charge in [0.15, 0.2) is 23.7 Å². The zero-order valence-corrected chi connectivity index (χ0v) is 25.8. The summed E-state index contributed by atoms with van der Waals surface area (Å²) >= 11 is 0. The summed E-state index contributed by atoms with van der Waals surface area (Å²) in [7, 11) is 1.86. The molecule has 2 aliphatic carbocycles. The highest BCUT2D eigenvalue weighted by molar-refractivity contribution is 5.93. The van der Waals surface area contributed by atoms with Crippen LogP contribution in [0.2, 0.25) is 0 Å². The number of esters is 6. The predicted octanol–water partition coefficient (Wildman–Crippen LogP) is 0.640. The number of phenols is 1. The lowest BCUT2D eigenvalue weighted by atomic mass is 9.50. The van der Waals surface area contributed by atoms with E-state index in [1.165, 1.54) is 12.1 Å². The third kappa shape index (κ3) is 5.61. The number of likely N-dealkylation sites (tertiary alicyclic amines) is 1. The topological polar surface area (TPSA) is 201 Å². The fourth-order valence-corrected chi connectivity index (χ4v) is 6.96. The van der Waals surface area contributed by atoms with Crippen molar-refractivity contribution in [3.8, 4) is 11.5 Å². The van der Waals surface area contributed by atoms with Crippen LogP contribution in [0.25, 0.3) is 0 Å². The molecular formula is C30H30F3NO14. The van der Waals surface area contributed by atoms with Crippen molar-refractivity contribution < 1.29 is 80.6 Å². The number of rotatable bonds is 8. The molecule has 260 valence electrons. The summed E-state index contributed by atoms with van der Waals surface area (Å²) in [4.78, 5) is 75.7. The Balaban J connectivity index is 1.44. The fourth-order valence-electron chi connectivity index (χ4n) is 6.96. The Labute approximate surface area is 269 Å². The van der Waals surface area contributed by atoms with Gasteiger partial charge in [0, 0.05) is 31.9 Å². The number of benzene rings is 1. The van der Waals surface area contributed by atoms with Gasteiger partial charge in [0.2, 0.25) is 12.2 Å². The van der Waals surface area contributed by atoms with E-state index in [0.717, 1.165) is 26.3 Å². The highest BCUT2D eigenvalue weighted by Crippen LogP contribution is 2.65. The maximum Gasteiger partial charge on any atom is 0.491 e. The quantitative estimate of drug-likeness (QED) is 0.219. The Hall–Kier alpha value is -4.71. The van der Waals surface area contributed by atoms with Crippen LogP contribution in [0, 0.1) is 0 Å². The van der Waals surface area contributed by atoms with Crippen LogP contribution in [-0.4, -0.2) is 107 Å². The average molecular weight is 686 g/mol. The van der Waals surface area contributed by atoms with Crippen molar-refractivity contribution in [2.45, 2.75) is 87.7 Å². The largest absolute Gasteiger partial charge is 0.504 e. The maximum atomic E-state index is 13.7. The van der Waals surface area contributed by atoms with Crippen molar-refractivity contribution in [2.75, 3.05) is 13.6 Å². The molecule has 1 aromatic rings. The van der Waals surface area contributed by atoms with Crippen LogP contribution in [-0.2, 0) is 64.3 Å². The monoisotopic (exact) mass is 685 g/mol. The minimum Gasteiger partial charge on any atom is -0.504 e. The van der Waals surface area contributed by atoms with Gasteiger partial charge < -0.3 is 43.5 Å². The molecule has 1 spiro atoms. The second-order valence-corrected chi connectivity index (χ2v) is 11.9. The second-order valence-electron chi connectivity index (χ2n) is 11.9. The Bertz CT molecular complexity index is 1620. The van der Waals surface area contributed by atoms with E-state index in [2.05, 4.69) is 4.74 Å². The van der Waals surface area contributed by atoms with Gasteiger partial charge in [0.1, 0.15) is 5.76 Å². The number of hydrogen-bond acceptors (Lipinski definition) is 15. The van der Waals surface area contributed by atoms with Crippen LogP contribution in [0.15, 0.2) is 24.0 Å². The van der Waals surface area contributed by atoms with E-state index in [-0.39, 0.29) is 29.7 Å². The lowest BCUT2D eigenvalue weighted by Crippen LogP contribution is -2.74. The van der Waals surface area contributed by atoms with Gasteiger partial charge in [-0.2, -0.15) is 13.2 Å². The first-order chi connectivity index (χ1) is 22.3. The molecule has 0 radical (unpaired) electrons. The van der Waals surface area contributed by atoms with Crippen molar-refractivity contribution >= 4 is 35.8 Å². The number of halogens is 3. The number of likely N-dealkylation sites (N-methyl/N-ethyl adjacent to an activating group) is 1. The molecule has 2 N–H and O–H groups in total. The molecule has 1 unspecified atom stereocenters. The summed E-state index contributed by atoms with van der Waals surface area (Å²) in [5.41, 5.74) is -1.28. The van der Waals surface area contributed by atoms with E-state index in [1.807, 2.05) is 11.9 Å². The van der Waals surface area contributed by atoms with E-state index in [1.54, 1.807) is 6.07 Å². The Morgan fingerprint density at radius 1 is 1.00 bits per heavy atom. The van der Waals surface area contributed by atoms with Gasteiger partial charge in [-0.15, -0.1) is 0 Å². The van der Waals surface area contributed by atoms with Gasteiger partial charge in [-0.1, -0.05) is 6.07 Å². The minimum atomic E-state index is -5.55. The molecule has 1 fully saturated rings. The number of aliphatic hydroxyl groups is 1. The summed E-state index contributed by atoms with van der Waals surface area (Å²) in [5.74, 6) is -10.8. The molecule has 1 aromatic carbocycles. The normalized spacial score (nSPS) is 27.1. The van der Waals surface area contributed by atoms with Crippen molar-refractivity contribution in [3.63, 3.8) is 0 Å². The lowest BCUT2D eigenvalue weighted by molar-refractivity contribution is -0.207. The van der Waals surface area contributed by atoms with Gasteiger partial charge in [-0.05, 0) is 51.1 Å². The van der Waals surface area contributed by atoms with Crippen LogP contribution >= 0.6 is 0 Å². The summed E-state index contributed by atoms with van der Waals surface area (Å²) in [6.07, 6.45) is -11.8. The van der Waals surface area contributed by atoms with Crippen LogP contribution < -0.4 is 4.74 Å². The number of carbonyl (C=O) groups excluding carboxylic acids is 6. The summed E-state index contributed by atoms with van der Waals surface area (Å²) in [6, 6.07) is 2.78. The first kappa shape index (κ1) is 34.6. The van der Waals surface area contributed by atoms with Crippen LogP contribution in [0.4, 0.5) is 13.2 Å². The second kappa shape index (κ2) is 12.1. The Morgan fingerprint density at radius 3 is 2.23 bits per heavy atom. The average Bonchev–Trinajstić information content (AvgIpc) is 3.34.